The summed E-state index contributed by atoms with van der Waals surface area (Å²) in [6.45, 7) is 2.13. The Labute approximate surface area is 155 Å². The van der Waals surface area contributed by atoms with Gasteiger partial charge in [0, 0.05) is 26.1 Å². The summed E-state index contributed by atoms with van der Waals surface area (Å²) in [6, 6.07) is 6.37. The largest absolute Gasteiger partial charge is 0.355 e. The van der Waals surface area contributed by atoms with Gasteiger partial charge in [-0.05, 0) is 49.8 Å². The Bertz CT molecular complexity index is 623. The normalized spacial score (nSPS) is 20.0. The second-order valence-corrected chi connectivity index (χ2v) is 7.60. The minimum Gasteiger partial charge on any atom is -0.355 e. The van der Waals surface area contributed by atoms with Crippen molar-refractivity contribution in [2.75, 3.05) is 19.6 Å². The number of benzene rings is 1. The van der Waals surface area contributed by atoms with E-state index >= 15 is 0 Å². The van der Waals surface area contributed by atoms with E-state index in [1.54, 1.807) is 12.1 Å². The molecule has 0 radical (unpaired) electrons. The summed E-state index contributed by atoms with van der Waals surface area (Å²) in [4.78, 5) is 26.9. The molecule has 0 aromatic heterocycles. The summed E-state index contributed by atoms with van der Waals surface area (Å²) in [6.07, 6.45) is 8.29. The monoisotopic (exact) mass is 360 g/mol. The second kappa shape index (κ2) is 8.65. The minimum absolute atomic E-state index is 0.0452. The second-order valence-electron chi connectivity index (χ2n) is 7.60. The number of carbonyl (C=O) groups excluding carboxylic acids is 2. The highest BCUT2D eigenvalue weighted by Crippen LogP contribution is 2.41. The van der Waals surface area contributed by atoms with E-state index < -0.39 is 5.41 Å². The molecule has 1 aliphatic heterocycles. The predicted molar refractivity (Wildman–Crippen MR) is 99.2 cm³/mol. The lowest BCUT2D eigenvalue weighted by molar-refractivity contribution is -0.130. The molecule has 1 aliphatic carbocycles. The van der Waals surface area contributed by atoms with Crippen molar-refractivity contribution >= 4 is 11.8 Å². The van der Waals surface area contributed by atoms with E-state index in [0.29, 0.717) is 19.5 Å². The van der Waals surface area contributed by atoms with E-state index in [9.17, 15) is 14.0 Å². The molecule has 1 N–H and O–H groups in total. The highest BCUT2D eigenvalue weighted by Gasteiger charge is 2.42. The summed E-state index contributed by atoms with van der Waals surface area (Å²) in [5, 5.41) is 3.08. The summed E-state index contributed by atoms with van der Waals surface area (Å²) in [5.41, 5.74) is 0.392. The van der Waals surface area contributed by atoms with Gasteiger partial charge in [0.2, 0.25) is 11.8 Å². The summed E-state index contributed by atoms with van der Waals surface area (Å²) in [7, 11) is 0. The Kier molecular flexibility index (Phi) is 6.28. The van der Waals surface area contributed by atoms with Crippen LogP contribution in [0.25, 0.3) is 0 Å². The molecule has 0 spiro atoms. The lowest BCUT2D eigenvalue weighted by Gasteiger charge is -2.28. The van der Waals surface area contributed by atoms with Crippen LogP contribution in [0.1, 0.15) is 63.4 Å². The van der Waals surface area contributed by atoms with Crippen LogP contribution in [0.4, 0.5) is 4.39 Å². The van der Waals surface area contributed by atoms with E-state index in [1.165, 1.54) is 12.1 Å². The van der Waals surface area contributed by atoms with Crippen LogP contribution in [0.3, 0.4) is 0 Å². The SMILES string of the molecule is O=C1CCCCCN1CCCNC(=O)C1(c2ccc(F)cc2)CCCC1. The fourth-order valence-corrected chi connectivity index (χ4v) is 4.31. The molecular weight excluding hydrogens is 331 g/mol. The van der Waals surface area contributed by atoms with Crippen LogP contribution < -0.4 is 5.32 Å². The minimum atomic E-state index is -0.522. The molecule has 1 saturated carbocycles. The number of likely N-dealkylation sites (tertiary alicyclic amines) is 1. The standard InChI is InChI=1S/C21H29FN2O2/c22-18-10-8-17(9-11-18)21(12-3-4-13-21)20(26)23-14-6-16-24-15-5-1-2-7-19(24)25/h8-11H,1-7,12-16H2,(H,23,26). The number of amides is 2. The molecule has 1 heterocycles. The fraction of sp³-hybridized carbons (Fsp3) is 0.619. The lowest BCUT2D eigenvalue weighted by Crippen LogP contribution is -2.43. The Morgan fingerprint density at radius 2 is 1.81 bits per heavy atom. The Hall–Kier alpha value is -1.91. The average molecular weight is 360 g/mol. The van der Waals surface area contributed by atoms with Crippen LogP contribution >= 0.6 is 0 Å². The maximum Gasteiger partial charge on any atom is 0.230 e. The van der Waals surface area contributed by atoms with Crippen molar-refractivity contribution in [1.82, 2.24) is 10.2 Å². The van der Waals surface area contributed by atoms with Gasteiger partial charge in [0.25, 0.3) is 0 Å². The first kappa shape index (κ1) is 18.9. The van der Waals surface area contributed by atoms with Crippen LogP contribution in [0.15, 0.2) is 24.3 Å². The van der Waals surface area contributed by atoms with Crippen LogP contribution in [-0.2, 0) is 15.0 Å². The molecule has 0 atom stereocenters. The molecule has 2 fully saturated rings. The van der Waals surface area contributed by atoms with Gasteiger partial charge < -0.3 is 10.2 Å². The first-order valence-corrected chi connectivity index (χ1v) is 9.94. The molecule has 1 saturated heterocycles. The maximum absolute atomic E-state index is 13.3. The van der Waals surface area contributed by atoms with Crippen molar-refractivity contribution in [3.63, 3.8) is 0 Å². The van der Waals surface area contributed by atoms with Crippen LogP contribution in [0.2, 0.25) is 0 Å². The average Bonchev–Trinajstić information content (AvgIpc) is 3.05. The zero-order valence-corrected chi connectivity index (χ0v) is 15.4. The van der Waals surface area contributed by atoms with Crippen LogP contribution in [0.5, 0.6) is 0 Å². The molecule has 2 aliphatic rings. The molecule has 3 rings (SSSR count). The fourth-order valence-electron chi connectivity index (χ4n) is 4.31. The molecule has 5 heteroatoms. The van der Waals surface area contributed by atoms with E-state index in [1.807, 2.05) is 4.90 Å². The Morgan fingerprint density at radius 1 is 1.08 bits per heavy atom. The highest BCUT2D eigenvalue weighted by atomic mass is 19.1. The number of nitrogens with zero attached hydrogens (tertiary/aromatic N) is 1. The van der Waals surface area contributed by atoms with E-state index in [2.05, 4.69) is 5.32 Å². The number of nitrogens with one attached hydrogen (secondary N) is 1. The van der Waals surface area contributed by atoms with Crippen molar-refractivity contribution in [3.8, 4) is 0 Å². The topological polar surface area (TPSA) is 49.4 Å². The zero-order chi connectivity index (χ0) is 18.4. The number of rotatable bonds is 6. The van der Waals surface area contributed by atoms with Crippen molar-refractivity contribution in [2.24, 2.45) is 0 Å². The number of halogens is 1. The van der Waals surface area contributed by atoms with Crippen LogP contribution in [0, 0.1) is 5.82 Å². The third kappa shape index (κ3) is 4.25. The maximum atomic E-state index is 13.3. The quantitative estimate of drug-likeness (QED) is 0.789. The summed E-state index contributed by atoms with van der Waals surface area (Å²) in [5.74, 6) is 0.0145. The molecular formula is C21H29FN2O2. The third-order valence-corrected chi connectivity index (χ3v) is 5.85. The van der Waals surface area contributed by atoms with Crippen LogP contribution in [-0.4, -0.2) is 36.3 Å². The molecule has 0 unspecified atom stereocenters. The van der Waals surface area contributed by atoms with Gasteiger partial charge in [-0.3, -0.25) is 9.59 Å². The molecule has 2 amide bonds. The molecule has 4 nitrogen and oxygen atoms in total. The van der Waals surface area contributed by atoms with Gasteiger partial charge in [0.05, 0.1) is 5.41 Å². The van der Waals surface area contributed by atoms with E-state index in [4.69, 9.17) is 0 Å². The summed E-state index contributed by atoms with van der Waals surface area (Å²) >= 11 is 0. The molecule has 26 heavy (non-hydrogen) atoms. The van der Waals surface area contributed by atoms with Crippen molar-refractivity contribution in [2.45, 2.75) is 63.2 Å². The van der Waals surface area contributed by atoms with Gasteiger partial charge in [0.15, 0.2) is 0 Å². The van der Waals surface area contributed by atoms with Gasteiger partial charge in [-0.2, -0.15) is 0 Å². The van der Waals surface area contributed by atoms with Crippen molar-refractivity contribution in [1.29, 1.82) is 0 Å². The Balaban J connectivity index is 1.54. The zero-order valence-electron chi connectivity index (χ0n) is 15.4. The molecule has 0 bridgehead atoms. The third-order valence-electron chi connectivity index (χ3n) is 5.85. The molecule has 1 aromatic carbocycles. The van der Waals surface area contributed by atoms with Crippen molar-refractivity contribution < 1.29 is 14.0 Å². The predicted octanol–water partition coefficient (Wildman–Crippen LogP) is 3.55. The summed E-state index contributed by atoms with van der Waals surface area (Å²) < 4.78 is 13.3. The van der Waals surface area contributed by atoms with Gasteiger partial charge >= 0.3 is 0 Å². The first-order valence-electron chi connectivity index (χ1n) is 9.94. The number of hydrogen-bond acceptors (Lipinski definition) is 2. The smallest absolute Gasteiger partial charge is 0.230 e. The number of hydrogen-bond donors (Lipinski definition) is 1. The highest BCUT2D eigenvalue weighted by molar-refractivity contribution is 5.88. The molecule has 142 valence electrons. The Morgan fingerprint density at radius 3 is 2.54 bits per heavy atom. The van der Waals surface area contributed by atoms with Crippen molar-refractivity contribution in [3.05, 3.63) is 35.6 Å². The van der Waals surface area contributed by atoms with Gasteiger partial charge in [-0.15, -0.1) is 0 Å². The van der Waals surface area contributed by atoms with Gasteiger partial charge in [-0.1, -0.05) is 31.4 Å². The number of carbonyl (C=O) groups is 2. The van der Waals surface area contributed by atoms with Gasteiger partial charge in [-0.25, -0.2) is 4.39 Å². The van der Waals surface area contributed by atoms with E-state index in [-0.39, 0.29) is 17.6 Å². The van der Waals surface area contributed by atoms with E-state index in [0.717, 1.165) is 63.5 Å². The first-order chi connectivity index (χ1) is 12.6. The lowest BCUT2D eigenvalue weighted by atomic mass is 9.78. The van der Waals surface area contributed by atoms with Gasteiger partial charge in [0.1, 0.15) is 5.82 Å². The molecule has 1 aromatic rings.